The molecule has 2 heterocycles. The predicted molar refractivity (Wildman–Crippen MR) is 149 cm³/mol. The standard InChI is InChI=1S/C25H17Br2ClN4O2S/c1-34-16-8-6-14(7-9-16)20-13-35-25(30-20)29-12-22-31-23-17(10-15(26)11-18(23)27)24(33)32(22)21-5-3-2-4-19(21)28/h2-11,13H,12H2,1H3,(H,29,30). The van der Waals surface area contributed by atoms with Crippen molar-refractivity contribution >= 4 is 70.8 Å². The Bertz CT molecular complexity index is 1600. The third-order valence-electron chi connectivity index (χ3n) is 5.34. The Kier molecular flexibility index (Phi) is 6.93. The highest BCUT2D eigenvalue weighted by Crippen LogP contribution is 2.29. The number of anilines is 1. The summed E-state index contributed by atoms with van der Waals surface area (Å²) in [5, 5.41) is 6.95. The molecule has 0 aliphatic heterocycles. The van der Waals surface area contributed by atoms with Gasteiger partial charge in [0.25, 0.3) is 5.56 Å². The van der Waals surface area contributed by atoms with E-state index in [4.69, 9.17) is 26.3 Å². The molecule has 0 amide bonds. The number of methoxy groups -OCH3 is 1. The van der Waals surface area contributed by atoms with Crippen LogP contribution in [0.4, 0.5) is 5.13 Å². The average Bonchev–Trinajstić information content (AvgIpc) is 3.33. The molecule has 1 N–H and O–H groups in total. The second-order valence-corrected chi connectivity index (χ2v) is 10.6. The van der Waals surface area contributed by atoms with Crippen molar-refractivity contribution in [3.8, 4) is 22.7 Å². The quantitative estimate of drug-likeness (QED) is 0.213. The van der Waals surface area contributed by atoms with E-state index in [1.54, 1.807) is 29.9 Å². The number of hydrogen-bond acceptors (Lipinski definition) is 6. The Morgan fingerprint density at radius 3 is 2.60 bits per heavy atom. The van der Waals surface area contributed by atoms with Gasteiger partial charge in [-0.3, -0.25) is 9.36 Å². The Labute approximate surface area is 226 Å². The maximum atomic E-state index is 13.6. The topological polar surface area (TPSA) is 69.0 Å². The summed E-state index contributed by atoms with van der Waals surface area (Å²) in [6, 6.07) is 18.6. The van der Waals surface area contributed by atoms with E-state index >= 15 is 0 Å². The number of aromatic nitrogens is 3. The van der Waals surface area contributed by atoms with E-state index in [1.807, 2.05) is 47.8 Å². The highest BCUT2D eigenvalue weighted by molar-refractivity contribution is 9.11. The molecular formula is C25H17Br2ClN4O2S. The molecule has 6 nitrogen and oxygen atoms in total. The van der Waals surface area contributed by atoms with Crippen LogP contribution in [0.25, 0.3) is 27.8 Å². The number of nitrogens with one attached hydrogen (secondary N) is 1. The van der Waals surface area contributed by atoms with Crippen LogP contribution in [-0.2, 0) is 6.54 Å². The van der Waals surface area contributed by atoms with Gasteiger partial charge < -0.3 is 10.1 Å². The normalized spacial score (nSPS) is 11.1. The summed E-state index contributed by atoms with van der Waals surface area (Å²) in [5.41, 5.74) is 2.78. The molecule has 0 spiro atoms. The van der Waals surface area contributed by atoms with Crippen LogP contribution >= 0.6 is 54.8 Å². The van der Waals surface area contributed by atoms with Crippen LogP contribution < -0.4 is 15.6 Å². The fraction of sp³-hybridized carbons (Fsp3) is 0.0800. The van der Waals surface area contributed by atoms with Crippen molar-refractivity contribution in [1.82, 2.24) is 14.5 Å². The van der Waals surface area contributed by atoms with E-state index in [0.29, 0.717) is 32.6 Å². The zero-order valence-corrected chi connectivity index (χ0v) is 23.0. The first-order chi connectivity index (χ1) is 16.9. The van der Waals surface area contributed by atoms with Gasteiger partial charge in [0.2, 0.25) is 0 Å². The molecule has 0 aliphatic rings. The minimum absolute atomic E-state index is 0.208. The van der Waals surface area contributed by atoms with E-state index in [2.05, 4.69) is 37.2 Å². The van der Waals surface area contributed by atoms with Gasteiger partial charge in [0.1, 0.15) is 11.6 Å². The van der Waals surface area contributed by atoms with Crippen molar-refractivity contribution in [3.63, 3.8) is 0 Å². The second-order valence-electron chi connectivity index (χ2n) is 7.52. The van der Waals surface area contributed by atoms with Crippen LogP contribution in [0.3, 0.4) is 0 Å². The van der Waals surface area contributed by atoms with Crippen molar-refractivity contribution in [2.45, 2.75) is 6.54 Å². The number of thiazole rings is 1. The number of halogens is 3. The summed E-state index contributed by atoms with van der Waals surface area (Å²) in [7, 11) is 1.64. The molecule has 10 heteroatoms. The van der Waals surface area contributed by atoms with Crippen molar-refractivity contribution in [1.29, 1.82) is 0 Å². The van der Waals surface area contributed by atoms with Gasteiger partial charge in [0, 0.05) is 19.9 Å². The molecule has 5 rings (SSSR count). The highest BCUT2D eigenvalue weighted by Gasteiger charge is 2.17. The number of hydrogen-bond donors (Lipinski definition) is 1. The molecule has 0 saturated heterocycles. The van der Waals surface area contributed by atoms with Crippen LogP contribution in [0.15, 0.2) is 79.8 Å². The fourth-order valence-corrected chi connectivity index (χ4v) is 5.92. The molecule has 2 aromatic heterocycles. The summed E-state index contributed by atoms with van der Waals surface area (Å²) < 4.78 is 8.28. The van der Waals surface area contributed by atoms with Gasteiger partial charge in [-0.1, -0.05) is 39.7 Å². The van der Waals surface area contributed by atoms with Gasteiger partial charge in [0.05, 0.1) is 41.0 Å². The Morgan fingerprint density at radius 1 is 1.09 bits per heavy atom. The summed E-state index contributed by atoms with van der Waals surface area (Å²) in [6.07, 6.45) is 0. The zero-order chi connectivity index (χ0) is 24.5. The lowest BCUT2D eigenvalue weighted by Gasteiger charge is -2.16. The summed E-state index contributed by atoms with van der Waals surface area (Å²) in [6.45, 7) is 0.272. The number of rotatable bonds is 6. The molecule has 3 aromatic carbocycles. The number of ether oxygens (including phenoxy) is 1. The Hall–Kier alpha value is -2.72. The second kappa shape index (κ2) is 10.1. The van der Waals surface area contributed by atoms with E-state index in [9.17, 15) is 4.79 Å². The molecule has 35 heavy (non-hydrogen) atoms. The van der Waals surface area contributed by atoms with Crippen LogP contribution in [0, 0.1) is 0 Å². The molecule has 0 fully saturated rings. The molecule has 0 aliphatic carbocycles. The minimum Gasteiger partial charge on any atom is -0.497 e. The van der Waals surface area contributed by atoms with Gasteiger partial charge in [0.15, 0.2) is 5.13 Å². The van der Waals surface area contributed by atoms with Crippen LogP contribution in [0.2, 0.25) is 5.02 Å². The highest BCUT2D eigenvalue weighted by atomic mass is 79.9. The third kappa shape index (κ3) is 4.86. The van der Waals surface area contributed by atoms with Crippen molar-refractivity contribution in [3.05, 3.63) is 96.2 Å². The largest absolute Gasteiger partial charge is 0.497 e. The smallest absolute Gasteiger partial charge is 0.266 e. The fourth-order valence-electron chi connectivity index (χ4n) is 3.66. The van der Waals surface area contributed by atoms with Gasteiger partial charge in [-0.15, -0.1) is 11.3 Å². The Morgan fingerprint density at radius 2 is 1.86 bits per heavy atom. The minimum atomic E-state index is -0.208. The number of para-hydroxylation sites is 1. The monoisotopic (exact) mass is 630 g/mol. The number of fused-ring (bicyclic) bond motifs is 1. The molecule has 0 radical (unpaired) electrons. The van der Waals surface area contributed by atoms with E-state index in [1.165, 1.54) is 11.3 Å². The maximum absolute atomic E-state index is 13.6. The van der Waals surface area contributed by atoms with E-state index in [0.717, 1.165) is 26.0 Å². The first kappa shape index (κ1) is 24.0. The van der Waals surface area contributed by atoms with Gasteiger partial charge in [-0.25, -0.2) is 9.97 Å². The van der Waals surface area contributed by atoms with Crippen molar-refractivity contribution in [2.75, 3.05) is 12.4 Å². The lowest BCUT2D eigenvalue weighted by atomic mass is 10.2. The SMILES string of the molecule is COc1ccc(-c2csc(NCc3nc4c(Br)cc(Br)cc4c(=O)n3-c3ccccc3Cl)n2)cc1. The zero-order valence-electron chi connectivity index (χ0n) is 18.3. The molecule has 0 unspecified atom stereocenters. The van der Waals surface area contributed by atoms with Gasteiger partial charge in [-0.05, 0) is 64.5 Å². The number of nitrogens with zero attached hydrogens (tertiary/aromatic N) is 3. The lowest BCUT2D eigenvalue weighted by Crippen LogP contribution is -2.25. The van der Waals surface area contributed by atoms with Crippen LogP contribution in [0.1, 0.15) is 5.82 Å². The van der Waals surface area contributed by atoms with Gasteiger partial charge in [-0.2, -0.15) is 0 Å². The molecular weight excluding hydrogens is 616 g/mol. The average molecular weight is 633 g/mol. The van der Waals surface area contributed by atoms with Crippen molar-refractivity contribution in [2.24, 2.45) is 0 Å². The molecule has 0 saturated carbocycles. The summed E-state index contributed by atoms with van der Waals surface area (Å²) in [5.74, 6) is 1.31. The Balaban J connectivity index is 1.54. The summed E-state index contributed by atoms with van der Waals surface area (Å²) in [4.78, 5) is 23.2. The molecule has 5 aromatic rings. The lowest BCUT2D eigenvalue weighted by molar-refractivity contribution is 0.415. The molecule has 0 atom stereocenters. The molecule has 176 valence electrons. The van der Waals surface area contributed by atoms with Crippen molar-refractivity contribution < 1.29 is 4.74 Å². The van der Waals surface area contributed by atoms with Gasteiger partial charge >= 0.3 is 0 Å². The number of benzene rings is 3. The van der Waals surface area contributed by atoms with E-state index < -0.39 is 0 Å². The third-order valence-corrected chi connectivity index (χ3v) is 7.52. The first-order valence-electron chi connectivity index (χ1n) is 10.4. The molecule has 0 bridgehead atoms. The maximum Gasteiger partial charge on any atom is 0.266 e. The van der Waals surface area contributed by atoms with Crippen LogP contribution in [0.5, 0.6) is 5.75 Å². The summed E-state index contributed by atoms with van der Waals surface area (Å²) >= 11 is 15.0. The van der Waals surface area contributed by atoms with E-state index in [-0.39, 0.29) is 12.1 Å². The van der Waals surface area contributed by atoms with Crippen LogP contribution in [-0.4, -0.2) is 21.6 Å². The first-order valence-corrected chi connectivity index (χ1v) is 13.3. The predicted octanol–water partition coefficient (Wildman–Crippen LogP) is 7.31.